The van der Waals surface area contributed by atoms with E-state index in [9.17, 15) is 4.79 Å². The molecule has 2 bridgehead atoms. The lowest BCUT2D eigenvalue weighted by atomic mass is 9.93. The maximum absolute atomic E-state index is 11.1. The number of hydrogen-bond donors (Lipinski definition) is 0. The predicted molar refractivity (Wildman–Crippen MR) is 34.9 cm³/mol. The van der Waals surface area contributed by atoms with Gasteiger partial charge in [-0.1, -0.05) is 24.3 Å². The van der Waals surface area contributed by atoms with E-state index in [4.69, 9.17) is 0 Å². The molecule has 0 fully saturated rings. The zero-order valence-corrected chi connectivity index (χ0v) is 5.08. The maximum Gasteiger partial charge on any atom is 0.150 e. The molecule has 0 saturated carbocycles. The van der Waals surface area contributed by atoms with E-state index in [1.807, 2.05) is 18.2 Å². The first kappa shape index (κ1) is 4.98. The van der Waals surface area contributed by atoms with Gasteiger partial charge in [0.25, 0.3) is 0 Å². The number of ketones is 1. The Bertz CT molecular complexity index is 199. The van der Waals surface area contributed by atoms with Crippen molar-refractivity contribution in [2.24, 2.45) is 11.8 Å². The van der Waals surface area contributed by atoms with Gasteiger partial charge in [-0.3, -0.25) is 4.79 Å². The van der Waals surface area contributed by atoms with Crippen molar-refractivity contribution in [3.05, 3.63) is 24.3 Å². The first-order valence-electron chi connectivity index (χ1n) is 3.26. The summed E-state index contributed by atoms with van der Waals surface area (Å²) in [5.41, 5.74) is 0. The topological polar surface area (TPSA) is 17.1 Å². The third kappa shape index (κ3) is 0.576. The minimum atomic E-state index is 0.128. The van der Waals surface area contributed by atoms with Crippen LogP contribution in [0.15, 0.2) is 24.3 Å². The van der Waals surface area contributed by atoms with Crippen LogP contribution in [0.4, 0.5) is 0 Å². The van der Waals surface area contributed by atoms with Crippen molar-refractivity contribution in [1.29, 1.82) is 0 Å². The molecule has 0 aromatic rings. The van der Waals surface area contributed by atoms with Crippen molar-refractivity contribution in [3.63, 3.8) is 0 Å². The molecule has 0 aromatic heterocycles. The van der Waals surface area contributed by atoms with Gasteiger partial charge in [-0.15, -0.1) is 0 Å². The average Bonchev–Trinajstić information content (AvgIpc) is 2.19. The van der Waals surface area contributed by atoms with E-state index in [-0.39, 0.29) is 11.8 Å². The molecule has 2 aliphatic rings. The molecule has 2 atom stereocenters. The maximum atomic E-state index is 11.1. The smallest absolute Gasteiger partial charge is 0.150 e. The molecular formula is C8H8O. The lowest BCUT2D eigenvalue weighted by Gasteiger charge is -2.09. The Morgan fingerprint density at radius 1 is 1.33 bits per heavy atom. The molecule has 46 valence electrons. The van der Waals surface area contributed by atoms with Crippen LogP contribution in [-0.4, -0.2) is 5.78 Å². The summed E-state index contributed by atoms with van der Waals surface area (Å²) in [5, 5.41) is 0. The van der Waals surface area contributed by atoms with Gasteiger partial charge in [-0.25, -0.2) is 0 Å². The van der Waals surface area contributed by atoms with E-state index in [2.05, 4.69) is 6.08 Å². The Morgan fingerprint density at radius 2 is 2.22 bits per heavy atom. The van der Waals surface area contributed by atoms with E-state index in [0.717, 1.165) is 6.42 Å². The Hall–Kier alpha value is -0.850. The van der Waals surface area contributed by atoms with Crippen molar-refractivity contribution in [2.75, 3.05) is 0 Å². The van der Waals surface area contributed by atoms with E-state index in [1.54, 1.807) is 0 Å². The molecule has 2 unspecified atom stereocenters. The molecule has 0 spiro atoms. The van der Waals surface area contributed by atoms with E-state index in [1.165, 1.54) is 0 Å². The predicted octanol–water partition coefficient (Wildman–Crippen LogP) is 1.32. The second-order valence-electron chi connectivity index (χ2n) is 2.58. The molecule has 0 N–H and O–H groups in total. The van der Waals surface area contributed by atoms with Crippen LogP contribution in [0.1, 0.15) is 6.42 Å². The Kier molecular flexibility index (Phi) is 0.865. The summed E-state index contributed by atoms with van der Waals surface area (Å²) < 4.78 is 0. The number of carbonyl (C=O) groups excluding carboxylic acids is 1. The minimum absolute atomic E-state index is 0.128. The molecule has 0 saturated heterocycles. The molecule has 2 rings (SSSR count). The normalized spacial score (nSPS) is 38.0. The highest BCUT2D eigenvalue weighted by Gasteiger charge is 2.28. The molecule has 0 radical (unpaired) electrons. The molecule has 1 heteroatoms. The number of allylic oxidation sites excluding steroid dienone is 4. The fourth-order valence-electron chi connectivity index (χ4n) is 1.42. The quantitative estimate of drug-likeness (QED) is 0.440. The van der Waals surface area contributed by atoms with Crippen LogP contribution in [-0.2, 0) is 4.79 Å². The number of carbonyl (C=O) groups is 1. The lowest BCUT2D eigenvalue weighted by Crippen LogP contribution is -2.16. The number of Topliss-reactive ketones (excluding diaryl/α,β-unsaturated/α-hetero) is 1. The van der Waals surface area contributed by atoms with Gasteiger partial charge in [0.2, 0.25) is 0 Å². The summed E-state index contributed by atoms with van der Waals surface area (Å²) in [6, 6.07) is 0. The van der Waals surface area contributed by atoms with Crippen molar-refractivity contribution in [2.45, 2.75) is 6.42 Å². The van der Waals surface area contributed by atoms with Gasteiger partial charge in [0, 0.05) is 5.92 Å². The Morgan fingerprint density at radius 3 is 2.89 bits per heavy atom. The first-order chi connectivity index (χ1) is 4.38. The monoisotopic (exact) mass is 120 g/mol. The van der Waals surface area contributed by atoms with E-state index < -0.39 is 0 Å². The first-order valence-corrected chi connectivity index (χ1v) is 3.26. The van der Waals surface area contributed by atoms with Crippen LogP contribution < -0.4 is 0 Å². The van der Waals surface area contributed by atoms with Gasteiger partial charge in [-0.05, 0) is 6.42 Å². The minimum Gasteiger partial charge on any atom is -0.298 e. The van der Waals surface area contributed by atoms with Crippen molar-refractivity contribution in [1.82, 2.24) is 0 Å². The molecule has 1 nitrogen and oxygen atoms in total. The molecule has 0 heterocycles. The second kappa shape index (κ2) is 1.56. The highest BCUT2D eigenvalue weighted by Crippen LogP contribution is 2.27. The molecule has 9 heavy (non-hydrogen) atoms. The van der Waals surface area contributed by atoms with Gasteiger partial charge in [0.15, 0.2) is 5.78 Å². The van der Waals surface area contributed by atoms with Crippen LogP contribution in [0.5, 0.6) is 0 Å². The van der Waals surface area contributed by atoms with Gasteiger partial charge < -0.3 is 0 Å². The van der Waals surface area contributed by atoms with E-state index in [0.29, 0.717) is 5.78 Å². The summed E-state index contributed by atoms with van der Waals surface area (Å²) in [7, 11) is 0. The number of hydrogen-bond acceptors (Lipinski definition) is 1. The fraction of sp³-hybridized carbons (Fsp3) is 0.375. The standard InChI is InChI=1S/C8H8O/c9-8-6-2-1-3-7(8)5-4-6/h1-2,4-7H,3H2. The Labute approximate surface area is 54.1 Å². The third-order valence-corrected chi connectivity index (χ3v) is 1.98. The zero-order chi connectivity index (χ0) is 6.27. The summed E-state index contributed by atoms with van der Waals surface area (Å²) in [6.07, 6.45) is 9.02. The second-order valence-corrected chi connectivity index (χ2v) is 2.58. The van der Waals surface area contributed by atoms with Crippen LogP contribution >= 0.6 is 0 Å². The van der Waals surface area contributed by atoms with Crippen molar-refractivity contribution in [3.8, 4) is 0 Å². The van der Waals surface area contributed by atoms with Crippen LogP contribution in [0.3, 0.4) is 0 Å². The molecule has 0 aromatic carbocycles. The number of fused-ring (bicyclic) bond motifs is 2. The van der Waals surface area contributed by atoms with E-state index >= 15 is 0 Å². The van der Waals surface area contributed by atoms with Crippen LogP contribution in [0.2, 0.25) is 0 Å². The summed E-state index contributed by atoms with van der Waals surface area (Å²) >= 11 is 0. The lowest BCUT2D eigenvalue weighted by molar-refractivity contribution is -0.122. The summed E-state index contributed by atoms with van der Waals surface area (Å²) in [4.78, 5) is 11.1. The fourth-order valence-corrected chi connectivity index (χ4v) is 1.42. The van der Waals surface area contributed by atoms with Gasteiger partial charge in [0.05, 0.1) is 5.92 Å². The molecular weight excluding hydrogens is 112 g/mol. The molecule has 2 aliphatic carbocycles. The third-order valence-electron chi connectivity index (χ3n) is 1.98. The largest absolute Gasteiger partial charge is 0.298 e. The van der Waals surface area contributed by atoms with Gasteiger partial charge in [-0.2, -0.15) is 0 Å². The van der Waals surface area contributed by atoms with Crippen LogP contribution in [0, 0.1) is 11.8 Å². The summed E-state index contributed by atoms with van der Waals surface area (Å²) in [5.74, 6) is 0.737. The molecule has 0 amide bonds. The molecule has 0 aliphatic heterocycles. The van der Waals surface area contributed by atoms with Crippen LogP contribution in [0.25, 0.3) is 0 Å². The zero-order valence-electron chi connectivity index (χ0n) is 5.08. The Balaban J connectivity index is 2.41. The average molecular weight is 120 g/mol. The summed E-state index contributed by atoms with van der Waals surface area (Å²) in [6.45, 7) is 0. The van der Waals surface area contributed by atoms with Crippen molar-refractivity contribution >= 4 is 5.78 Å². The SMILES string of the molecule is O=C1C2C=CCC1C=C2. The number of rotatable bonds is 0. The highest BCUT2D eigenvalue weighted by atomic mass is 16.1. The van der Waals surface area contributed by atoms with Gasteiger partial charge >= 0.3 is 0 Å². The highest BCUT2D eigenvalue weighted by molar-refractivity contribution is 5.91. The van der Waals surface area contributed by atoms with Crippen molar-refractivity contribution < 1.29 is 4.79 Å². The van der Waals surface area contributed by atoms with Gasteiger partial charge in [0.1, 0.15) is 0 Å².